The number of hydrogen-bond acceptors (Lipinski definition) is 8. The van der Waals surface area contributed by atoms with E-state index in [-0.39, 0.29) is 5.57 Å². The van der Waals surface area contributed by atoms with Gasteiger partial charge < -0.3 is 5.11 Å². The third-order valence-corrected chi connectivity index (χ3v) is 7.92. The maximum atomic E-state index is 13.6. The molecule has 0 radical (unpaired) electrons. The monoisotopic (exact) mass is 496 g/mol. The quantitative estimate of drug-likeness (QED) is 0.374. The van der Waals surface area contributed by atoms with Crippen LogP contribution in [-0.2, 0) is 4.79 Å². The number of ketones is 1. The summed E-state index contributed by atoms with van der Waals surface area (Å²) in [5.41, 5.74) is 2.67. The summed E-state index contributed by atoms with van der Waals surface area (Å²) in [6.45, 7) is 5.44. The van der Waals surface area contributed by atoms with Gasteiger partial charge in [-0.15, -0.1) is 11.3 Å². The third kappa shape index (κ3) is 3.52. The van der Waals surface area contributed by atoms with Gasteiger partial charge in [0.15, 0.2) is 10.9 Å². The number of nitrogens with zero attached hydrogens (tertiary/aromatic N) is 4. The van der Waals surface area contributed by atoms with Crippen LogP contribution in [0.1, 0.15) is 37.5 Å². The Labute approximate surface area is 202 Å². The fourth-order valence-corrected chi connectivity index (χ4v) is 6.00. The van der Waals surface area contributed by atoms with Gasteiger partial charge in [0.05, 0.1) is 37.4 Å². The number of aryl methyl sites for hydroxylation is 3. The van der Waals surface area contributed by atoms with E-state index in [2.05, 4.69) is 15.0 Å². The van der Waals surface area contributed by atoms with Gasteiger partial charge in [-0.05, 0) is 50.1 Å². The number of thiazole rings is 2. The molecule has 1 unspecified atom stereocenters. The zero-order chi connectivity index (χ0) is 23.4. The number of fused-ring (bicyclic) bond motifs is 1. The fourth-order valence-electron chi connectivity index (χ4n) is 3.89. The van der Waals surface area contributed by atoms with Crippen molar-refractivity contribution >= 4 is 61.3 Å². The van der Waals surface area contributed by atoms with E-state index in [4.69, 9.17) is 11.6 Å². The molecule has 0 saturated heterocycles. The summed E-state index contributed by atoms with van der Waals surface area (Å²) in [6, 6.07) is 6.26. The number of carbonyl (C=O) groups is 2. The first-order valence-corrected chi connectivity index (χ1v) is 12.0. The SMILES string of the molecule is Cc1nc(C)c(C(=O)C2=C(O)C(=O)N(c3nc4cc(Cl)c(C)cc4s3)C2c2cccnc2)s1. The number of amides is 1. The highest BCUT2D eigenvalue weighted by Gasteiger charge is 2.46. The highest BCUT2D eigenvalue weighted by atomic mass is 35.5. The number of carbonyl (C=O) groups excluding carboxylic acids is 2. The number of aromatic nitrogens is 3. The Balaban J connectivity index is 1.69. The van der Waals surface area contributed by atoms with Crippen LogP contribution >= 0.6 is 34.3 Å². The molecule has 1 aliphatic rings. The number of pyridine rings is 1. The lowest BCUT2D eigenvalue weighted by molar-refractivity contribution is -0.117. The first kappa shape index (κ1) is 21.7. The highest BCUT2D eigenvalue weighted by molar-refractivity contribution is 7.22. The number of halogens is 1. The predicted molar refractivity (Wildman–Crippen MR) is 129 cm³/mol. The number of hydrogen-bond donors (Lipinski definition) is 1. The molecule has 0 spiro atoms. The number of aliphatic hydroxyl groups is 1. The molecule has 1 amide bonds. The van der Waals surface area contributed by atoms with E-state index in [0.29, 0.717) is 31.8 Å². The average Bonchev–Trinajstić information content (AvgIpc) is 3.42. The minimum atomic E-state index is -0.877. The molecule has 0 saturated carbocycles. The van der Waals surface area contributed by atoms with E-state index in [0.717, 1.165) is 15.3 Å². The van der Waals surface area contributed by atoms with Gasteiger partial charge in [0, 0.05) is 17.4 Å². The molecule has 4 heterocycles. The molecular formula is C23H17ClN4O3S2. The Morgan fingerprint density at radius 1 is 1.18 bits per heavy atom. The molecular weight excluding hydrogens is 480 g/mol. The molecule has 0 fully saturated rings. The van der Waals surface area contributed by atoms with Crippen molar-refractivity contribution in [2.75, 3.05) is 4.90 Å². The van der Waals surface area contributed by atoms with E-state index in [1.54, 1.807) is 37.5 Å². The molecule has 1 aromatic carbocycles. The summed E-state index contributed by atoms with van der Waals surface area (Å²) >= 11 is 8.79. The minimum Gasteiger partial charge on any atom is -0.503 e. The van der Waals surface area contributed by atoms with E-state index in [1.165, 1.54) is 27.6 Å². The van der Waals surface area contributed by atoms with Crippen LogP contribution in [0.25, 0.3) is 10.2 Å². The predicted octanol–water partition coefficient (Wildman–Crippen LogP) is 5.51. The number of anilines is 1. The normalized spacial score (nSPS) is 16.3. The largest absolute Gasteiger partial charge is 0.503 e. The average molecular weight is 497 g/mol. The van der Waals surface area contributed by atoms with E-state index < -0.39 is 23.5 Å². The number of aliphatic hydroxyl groups excluding tert-OH is 1. The second-order valence-corrected chi connectivity index (χ2v) is 10.3. The zero-order valence-electron chi connectivity index (χ0n) is 17.8. The van der Waals surface area contributed by atoms with Gasteiger partial charge in [0.2, 0.25) is 5.78 Å². The fraction of sp³-hybridized carbons (Fsp3) is 0.174. The summed E-state index contributed by atoms with van der Waals surface area (Å²) in [7, 11) is 0. The van der Waals surface area contributed by atoms with Crippen molar-refractivity contribution in [3.8, 4) is 0 Å². The van der Waals surface area contributed by atoms with Crippen LogP contribution in [0.15, 0.2) is 48.0 Å². The van der Waals surface area contributed by atoms with E-state index >= 15 is 0 Å². The molecule has 0 aliphatic carbocycles. The van der Waals surface area contributed by atoms with Crippen LogP contribution in [-0.4, -0.2) is 31.7 Å². The maximum Gasteiger partial charge on any atom is 0.296 e. The lowest BCUT2D eigenvalue weighted by atomic mass is 9.96. The summed E-state index contributed by atoms with van der Waals surface area (Å²) < 4.78 is 0.845. The van der Waals surface area contributed by atoms with Crippen molar-refractivity contribution in [3.05, 3.63) is 79.7 Å². The Morgan fingerprint density at radius 2 is 1.97 bits per heavy atom. The van der Waals surface area contributed by atoms with Crippen molar-refractivity contribution in [2.24, 2.45) is 0 Å². The zero-order valence-corrected chi connectivity index (χ0v) is 20.2. The summed E-state index contributed by atoms with van der Waals surface area (Å²) in [5.74, 6) is -1.71. The lowest BCUT2D eigenvalue weighted by Gasteiger charge is -2.24. The molecule has 166 valence electrons. The van der Waals surface area contributed by atoms with Crippen LogP contribution in [0.3, 0.4) is 0 Å². The van der Waals surface area contributed by atoms with Crippen LogP contribution < -0.4 is 4.90 Å². The minimum absolute atomic E-state index is 0.00628. The molecule has 33 heavy (non-hydrogen) atoms. The summed E-state index contributed by atoms with van der Waals surface area (Å²) in [5, 5.41) is 12.6. The standard InChI is InChI=1S/C23H17ClN4O3S2/c1-10-7-16-15(8-14(10)24)27-23(33-16)28-18(13-5-4-6-25-9-13)17(20(30)22(28)31)19(29)21-11(2)26-12(3)32-21/h4-9,18,30H,1-3H3. The van der Waals surface area contributed by atoms with E-state index in [1.807, 2.05) is 19.9 Å². The third-order valence-electron chi connectivity index (χ3n) is 5.43. The molecule has 5 rings (SSSR count). The molecule has 4 aromatic rings. The number of benzene rings is 1. The Hall–Kier alpha value is -3.14. The van der Waals surface area contributed by atoms with Crippen LogP contribution in [0.5, 0.6) is 0 Å². The molecule has 7 nitrogen and oxygen atoms in total. The van der Waals surface area contributed by atoms with Crippen LogP contribution in [0.4, 0.5) is 5.13 Å². The van der Waals surface area contributed by atoms with Crippen molar-refractivity contribution < 1.29 is 14.7 Å². The first-order chi connectivity index (χ1) is 15.8. The molecule has 1 N–H and O–H groups in total. The Bertz CT molecular complexity index is 1440. The summed E-state index contributed by atoms with van der Waals surface area (Å²) in [4.78, 5) is 41.7. The van der Waals surface area contributed by atoms with Gasteiger partial charge in [-0.2, -0.15) is 0 Å². The van der Waals surface area contributed by atoms with Crippen LogP contribution in [0.2, 0.25) is 5.02 Å². The molecule has 3 aromatic heterocycles. The molecule has 10 heteroatoms. The van der Waals surface area contributed by atoms with Gasteiger partial charge in [-0.1, -0.05) is 29.0 Å². The lowest BCUT2D eigenvalue weighted by Crippen LogP contribution is -2.31. The van der Waals surface area contributed by atoms with Gasteiger partial charge in [-0.25, -0.2) is 9.97 Å². The second-order valence-electron chi connectivity index (χ2n) is 7.67. The molecule has 1 atom stereocenters. The van der Waals surface area contributed by atoms with Gasteiger partial charge in [0.25, 0.3) is 5.91 Å². The molecule has 1 aliphatic heterocycles. The Morgan fingerprint density at radius 3 is 2.64 bits per heavy atom. The summed E-state index contributed by atoms with van der Waals surface area (Å²) in [6.07, 6.45) is 3.19. The second kappa shape index (κ2) is 8.02. The van der Waals surface area contributed by atoms with E-state index in [9.17, 15) is 14.7 Å². The number of rotatable bonds is 4. The molecule has 0 bridgehead atoms. The topological polar surface area (TPSA) is 96.3 Å². The number of Topliss-reactive ketones (excluding diaryl/α,β-unsaturated/α-hetero) is 1. The van der Waals surface area contributed by atoms with Crippen molar-refractivity contribution in [1.29, 1.82) is 0 Å². The van der Waals surface area contributed by atoms with Gasteiger partial charge in [0.1, 0.15) is 0 Å². The smallest absolute Gasteiger partial charge is 0.296 e. The van der Waals surface area contributed by atoms with Crippen LogP contribution in [0, 0.1) is 20.8 Å². The highest BCUT2D eigenvalue weighted by Crippen LogP contribution is 2.45. The van der Waals surface area contributed by atoms with Gasteiger partial charge >= 0.3 is 0 Å². The maximum absolute atomic E-state index is 13.6. The van der Waals surface area contributed by atoms with Crippen molar-refractivity contribution in [3.63, 3.8) is 0 Å². The van der Waals surface area contributed by atoms with Crippen molar-refractivity contribution in [2.45, 2.75) is 26.8 Å². The Kier molecular flexibility index (Phi) is 5.27. The van der Waals surface area contributed by atoms with Gasteiger partial charge in [-0.3, -0.25) is 19.5 Å². The first-order valence-electron chi connectivity index (χ1n) is 9.98. The van der Waals surface area contributed by atoms with Crippen molar-refractivity contribution in [1.82, 2.24) is 15.0 Å².